The number of carbonyl (C=O) groups excluding carboxylic acids is 2. The molecule has 5 heteroatoms. The summed E-state index contributed by atoms with van der Waals surface area (Å²) in [5.74, 6) is -0.592. The third-order valence-corrected chi connectivity index (χ3v) is 1.79. The van der Waals surface area contributed by atoms with E-state index in [0.29, 0.717) is 26.0 Å². The molecule has 0 rings (SSSR count). The lowest BCUT2D eigenvalue weighted by Gasteiger charge is -2.18. The number of unbranched alkanes of at least 4 members (excludes halogenated alkanes) is 1. The highest BCUT2D eigenvalue weighted by molar-refractivity contribution is 5.80. The molecule has 0 atom stereocenters. The molecule has 0 radical (unpaired) electrons. The third-order valence-electron chi connectivity index (χ3n) is 1.79. The molecule has 0 spiro atoms. The predicted octanol–water partition coefficient (Wildman–Crippen LogP) is 0.702. The molecule has 0 aliphatic rings. The number of carbonyl (C=O) groups is 2. The molecule has 0 aromatic rings. The van der Waals surface area contributed by atoms with Crippen LogP contribution in [0.15, 0.2) is 0 Å². The first-order chi connectivity index (χ1) is 7.11. The first kappa shape index (κ1) is 13.4. The quantitative estimate of drug-likeness (QED) is 0.480. The van der Waals surface area contributed by atoms with Gasteiger partial charge in [-0.25, -0.2) is 0 Å². The first-order valence-electron chi connectivity index (χ1n) is 4.89. The maximum absolute atomic E-state index is 11.1. The number of nitrogens with zero attached hydrogens (tertiary/aromatic N) is 2. The van der Waals surface area contributed by atoms with E-state index in [-0.39, 0.29) is 12.5 Å². The highest BCUT2D eigenvalue weighted by Crippen LogP contribution is 1.96. The molecule has 1 amide bonds. The Morgan fingerprint density at radius 3 is 2.60 bits per heavy atom. The smallest absolute Gasteiger partial charge is 0.325 e. The number of amides is 1. The maximum Gasteiger partial charge on any atom is 0.325 e. The van der Waals surface area contributed by atoms with E-state index >= 15 is 0 Å². The molecule has 15 heavy (non-hydrogen) atoms. The fourth-order valence-corrected chi connectivity index (χ4v) is 1.06. The Bertz CT molecular complexity index is 258. The number of nitriles is 1. The zero-order chi connectivity index (χ0) is 11.7. The van der Waals surface area contributed by atoms with Gasteiger partial charge in [0.2, 0.25) is 5.91 Å². The summed E-state index contributed by atoms with van der Waals surface area (Å²) in [7, 11) is 0. The Morgan fingerprint density at radius 1 is 1.47 bits per heavy atom. The van der Waals surface area contributed by atoms with Crippen molar-refractivity contribution in [1.29, 1.82) is 5.26 Å². The van der Waals surface area contributed by atoms with Gasteiger partial charge in [0.05, 0.1) is 12.7 Å². The molecular weight excluding hydrogens is 196 g/mol. The van der Waals surface area contributed by atoms with Crippen LogP contribution in [-0.2, 0) is 14.3 Å². The van der Waals surface area contributed by atoms with E-state index in [1.54, 1.807) is 6.92 Å². The van der Waals surface area contributed by atoms with Gasteiger partial charge in [-0.3, -0.25) is 9.59 Å². The van der Waals surface area contributed by atoms with E-state index in [0.717, 1.165) is 0 Å². The molecule has 0 saturated carbocycles. The molecule has 0 fully saturated rings. The minimum Gasteiger partial charge on any atom is -0.465 e. The van der Waals surface area contributed by atoms with E-state index in [9.17, 15) is 9.59 Å². The Kier molecular flexibility index (Phi) is 6.98. The summed E-state index contributed by atoms with van der Waals surface area (Å²) in [4.78, 5) is 23.6. The lowest BCUT2D eigenvalue weighted by Crippen LogP contribution is -2.35. The van der Waals surface area contributed by atoms with Crippen LogP contribution in [0.2, 0.25) is 0 Å². The molecule has 84 valence electrons. The van der Waals surface area contributed by atoms with Crippen molar-refractivity contribution < 1.29 is 14.3 Å². The summed E-state index contributed by atoms with van der Waals surface area (Å²) in [5, 5.41) is 8.34. The van der Waals surface area contributed by atoms with E-state index in [4.69, 9.17) is 10.00 Å². The van der Waals surface area contributed by atoms with Crippen LogP contribution in [-0.4, -0.2) is 36.5 Å². The average molecular weight is 212 g/mol. The predicted molar refractivity (Wildman–Crippen MR) is 53.7 cm³/mol. The lowest BCUT2D eigenvalue weighted by molar-refractivity contribution is -0.148. The molecule has 0 aromatic carbocycles. The van der Waals surface area contributed by atoms with Crippen LogP contribution in [0.4, 0.5) is 0 Å². The van der Waals surface area contributed by atoms with E-state index in [1.807, 2.05) is 6.07 Å². The molecular formula is C10H16N2O3. The molecule has 0 aliphatic carbocycles. The zero-order valence-corrected chi connectivity index (χ0v) is 9.15. The van der Waals surface area contributed by atoms with Crippen LogP contribution in [0.5, 0.6) is 0 Å². The van der Waals surface area contributed by atoms with Gasteiger partial charge >= 0.3 is 5.97 Å². The van der Waals surface area contributed by atoms with Crippen molar-refractivity contribution in [3.63, 3.8) is 0 Å². The molecule has 0 saturated heterocycles. The van der Waals surface area contributed by atoms with Gasteiger partial charge in [0, 0.05) is 19.9 Å². The second-order valence-corrected chi connectivity index (χ2v) is 3.01. The van der Waals surface area contributed by atoms with E-state index in [2.05, 4.69) is 0 Å². The van der Waals surface area contributed by atoms with Gasteiger partial charge in [-0.05, 0) is 13.3 Å². The first-order valence-corrected chi connectivity index (χ1v) is 4.89. The average Bonchev–Trinajstić information content (AvgIpc) is 2.16. The normalized spacial score (nSPS) is 9.13. The largest absolute Gasteiger partial charge is 0.465 e. The number of hydrogen-bond donors (Lipinski definition) is 0. The summed E-state index contributed by atoms with van der Waals surface area (Å²) in [6.07, 6.45) is 0.960. The van der Waals surface area contributed by atoms with Crippen molar-refractivity contribution in [2.45, 2.75) is 26.7 Å². The summed E-state index contributed by atoms with van der Waals surface area (Å²) >= 11 is 0. The second kappa shape index (κ2) is 7.80. The van der Waals surface area contributed by atoms with Gasteiger partial charge in [-0.1, -0.05) is 0 Å². The van der Waals surface area contributed by atoms with Crippen LogP contribution in [0.1, 0.15) is 26.7 Å². The van der Waals surface area contributed by atoms with Crippen molar-refractivity contribution in [1.82, 2.24) is 4.90 Å². The lowest BCUT2D eigenvalue weighted by atomic mass is 10.3. The summed E-state index contributed by atoms with van der Waals surface area (Å²) in [6, 6.07) is 1.99. The minimum atomic E-state index is -0.412. The minimum absolute atomic E-state index is 0.0331. The third kappa shape index (κ3) is 6.49. The van der Waals surface area contributed by atoms with Crippen molar-refractivity contribution in [3.8, 4) is 6.07 Å². The van der Waals surface area contributed by atoms with Gasteiger partial charge in [0.1, 0.15) is 6.54 Å². The zero-order valence-electron chi connectivity index (χ0n) is 9.15. The summed E-state index contributed by atoms with van der Waals surface area (Å²) < 4.78 is 4.73. The molecule has 0 heterocycles. The van der Waals surface area contributed by atoms with Crippen LogP contribution in [0.3, 0.4) is 0 Å². The number of ether oxygens (including phenoxy) is 1. The Balaban J connectivity index is 3.99. The number of esters is 1. The van der Waals surface area contributed by atoms with Crippen LogP contribution < -0.4 is 0 Å². The topological polar surface area (TPSA) is 70.4 Å². The van der Waals surface area contributed by atoms with E-state index < -0.39 is 5.97 Å². The van der Waals surface area contributed by atoms with Gasteiger partial charge < -0.3 is 9.64 Å². The van der Waals surface area contributed by atoms with Crippen molar-refractivity contribution >= 4 is 11.9 Å². The molecule has 0 unspecified atom stereocenters. The maximum atomic E-state index is 11.1. The Hall–Kier alpha value is -1.57. The van der Waals surface area contributed by atoms with Gasteiger partial charge in [-0.15, -0.1) is 0 Å². The molecule has 5 nitrogen and oxygen atoms in total. The van der Waals surface area contributed by atoms with Crippen molar-refractivity contribution in [3.05, 3.63) is 0 Å². The number of hydrogen-bond acceptors (Lipinski definition) is 4. The Morgan fingerprint density at radius 2 is 2.13 bits per heavy atom. The number of rotatable bonds is 6. The van der Waals surface area contributed by atoms with Crippen molar-refractivity contribution in [2.24, 2.45) is 0 Å². The van der Waals surface area contributed by atoms with Crippen LogP contribution >= 0.6 is 0 Å². The molecule has 0 bridgehead atoms. The Labute approximate surface area is 89.6 Å². The highest BCUT2D eigenvalue weighted by Gasteiger charge is 2.13. The summed E-state index contributed by atoms with van der Waals surface area (Å²) in [5.41, 5.74) is 0. The monoisotopic (exact) mass is 212 g/mol. The van der Waals surface area contributed by atoms with Crippen LogP contribution in [0.25, 0.3) is 0 Å². The van der Waals surface area contributed by atoms with E-state index in [1.165, 1.54) is 11.8 Å². The highest BCUT2D eigenvalue weighted by atomic mass is 16.5. The second-order valence-electron chi connectivity index (χ2n) is 3.01. The SMILES string of the molecule is CCOC(=O)CN(CCCC#N)C(C)=O. The fourth-order valence-electron chi connectivity index (χ4n) is 1.06. The standard InChI is InChI=1S/C10H16N2O3/c1-3-15-10(14)8-12(9(2)13)7-5-4-6-11/h3-5,7-8H2,1-2H3. The van der Waals surface area contributed by atoms with Gasteiger partial charge in [0.15, 0.2) is 0 Å². The molecule has 0 N–H and O–H groups in total. The van der Waals surface area contributed by atoms with Crippen molar-refractivity contribution in [2.75, 3.05) is 19.7 Å². The van der Waals surface area contributed by atoms with Gasteiger partial charge in [-0.2, -0.15) is 5.26 Å². The molecule has 0 aromatic heterocycles. The van der Waals surface area contributed by atoms with Crippen LogP contribution in [0, 0.1) is 11.3 Å². The van der Waals surface area contributed by atoms with Gasteiger partial charge in [0.25, 0.3) is 0 Å². The molecule has 0 aliphatic heterocycles. The summed E-state index contributed by atoms with van der Waals surface area (Å²) in [6.45, 7) is 3.80. The fraction of sp³-hybridized carbons (Fsp3) is 0.700.